The van der Waals surface area contributed by atoms with Crippen molar-refractivity contribution in [3.05, 3.63) is 12.2 Å². The van der Waals surface area contributed by atoms with Crippen LogP contribution in [0, 0.1) is 17.8 Å². The van der Waals surface area contributed by atoms with Crippen LogP contribution in [0.1, 0.15) is 111 Å². The predicted molar refractivity (Wildman–Crippen MR) is 142 cm³/mol. The topological polar surface area (TPSA) is 115 Å². The van der Waals surface area contributed by atoms with Crippen LogP contribution in [-0.4, -0.2) is 58.8 Å². The van der Waals surface area contributed by atoms with Gasteiger partial charge < -0.3 is 24.6 Å². The number of carbonyl (C=O) groups excluding carboxylic acids is 1. The smallest absolute Gasteiger partial charge is 0.311 e. The van der Waals surface area contributed by atoms with E-state index in [1.54, 1.807) is 20.8 Å². The van der Waals surface area contributed by atoms with Gasteiger partial charge in [-0.15, -0.1) is 0 Å². The number of carboxylic acids is 3. The van der Waals surface area contributed by atoms with Crippen molar-refractivity contribution < 1.29 is 34.2 Å². The second kappa shape index (κ2) is 20.2. The van der Waals surface area contributed by atoms with E-state index in [4.69, 9.17) is 0 Å². The summed E-state index contributed by atoms with van der Waals surface area (Å²) in [6.45, 7) is 8.14. The average molecular weight is 512 g/mol. The molecule has 36 heavy (non-hydrogen) atoms. The molecule has 2 N–H and O–H groups in total. The largest absolute Gasteiger partial charge is 0.550 e. The van der Waals surface area contributed by atoms with E-state index in [0.29, 0.717) is 6.54 Å². The van der Waals surface area contributed by atoms with E-state index < -0.39 is 35.7 Å². The molecule has 7 nitrogen and oxygen atoms in total. The van der Waals surface area contributed by atoms with E-state index in [1.165, 1.54) is 51.4 Å². The minimum atomic E-state index is -1.18. The van der Waals surface area contributed by atoms with Gasteiger partial charge in [-0.25, -0.2) is 0 Å². The summed E-state index contributed by atoms with van der Waals surface area (Å²) in [6, 6.07) is 0. The Morgan fingerprint density at radius 3 is 1.44 bits per heavy atom. The Morgan fingerprint density at radius 1 is 0.667 bits per heavy atom. The number of rotatable bonds is 24. The van der Waals surface area contributed by atoms with E-state index in [2.05, 4.69) is 19.1 Å². The maximum atomic E-state index is 11.6. The summed E-state index contributed by atoms with van der Waals surface area (Å²) in [5.41, 5.74) is 0. The van der Waals surface area contributed by atoms with Crippen LogP contribution in [-0.2, 0) is 14.4 Å². The van der Waals surface area contributed by atoms with Crippen LogP contribution < -0.4 is 5.11 Å². The Balaban J connectivity index is 4.56. The van der Waals surface area contributed by atoms with Crippen molar-refractivity contribution in [2.75, 3.05) is 26.2 Å². The number of nitrogens with zero attached hydrogens (tertiary/aromatic N) is 1. The molecule has 3 unspecified atom stereocenters. The standard InChI is InChI=1S/C29H53NO6/c1-5-6-7-8-9-10-11-12-13-14-15-16-17-18-19-20-30(21-24(2)27(31)32,22-25(3)28(33)34)23-26(4)29(35)36/h6-7,24-26H,5,8-23H2,1-4H3,(H2-,31,32,33,34,35,36)/b7-6+. The predicted octanol–water partition coefficient (Wildman–Crippen LogP) is 5.28. The Kier molecular flexibility index (Phi) is 19.1. The number of carboxylic acid groups (broad SMARTS) is 3. The Morgan fingerprint density at radius 2 is 1.06 bits per heavy atom. The van der Waals surface area contributed by atoms with Crippen molar-refractivity contribution in [1.82, 2.24) is 0 Å². The molecule has 210 valence electrons. The molecule has 3 atom stereocenters. The summed E-state index contributed by atoms with van der Waals surface area (Å²) in [6.07, 6.45) is 19.9. The first-order chi connectivity index (χ1) is 17.0. The fourth-order valence-electron chi connectivity index (χ4n) is 5.06. The van der Waals surface area contributed by atoms with Gasteiger partial charge in [0.1, 0.15) is 11.8 Å². The maximum Gasteiger partial charge on any atom is 0.311 e. The van der Waals surface area contributed by atoms with Gasteiger partial charge in [0.2, 0.25) is 0 Å². The Labute approximate surface area is 219 Å². The van der Waals surface area contributed by atoms with Gasteiger partial charge in [0.25, 0.3) is 0 Å². The third-order valence-corrected chi connectivity index (χ3v) is 7.13. The first kappa shape index (κ1) is 34.1. The average Bonchev–Trinajstić information content (AvgIpc) is 2.81. The summed E-state index contributed by atoms with van der Waals surface area (Å²) in [5, 5.41) is 30.4. The molecule has 0 aliphatic carbocycles. The molecular weight excluding hydrogens is 458 g/mol. The summed E-state index contributed by atoms with van der Waals surface area (Å²) in [4.78, 5) is 34.6. The van der Waals surface area contributed by atoms with Crippen molar-refractivity contribution in [3.63, 3.8) is 0 Å². The number of hydrogen-bond donors (Lipinski definition) is 2. The van der Waals surface area contributed by atoms with E-state index in [-0.39, 0.29) is 24.1 Å². The lowest BCUT2D eigenvalue weighted by atomic mass is 10.00. The van der Waals surface area contributed by atoms with Crippen molar-refractivity contribution in [2.45, 2.75) is 111 Å². The van der Waals surface area contributed by atoms with Crippen LogP contribution >= 0.6 is 0 Å². The zero-order valence-corrected chi connectivity index (χ0v) is 23.4. The summed E-state index contributed by atoms with van der Waals surface area (Å²) < 4.78 is 0.185. The fraction of sp³-hybridized carbons (Fsp3) is 0.828. The zero-order valence-electron chi connectivity index (χ0n) is 23.4. The lowest BCUT2D eigenvalue weighted by Crippen LogP contribution is -2.58. The van der Waals surface area contributed by atoms with Gasteiger partial charge in [-0.1, -0.05) is 77.4 Å². The minimum Gasteiger partial charge on any atom is -0.550 e. The summed E-state index contributed by atoms with van der Waals surface area (Å²) in [7, 11) is 0. The molecule has 0 aliphatic heterocycles. The molecule has 0 bridgehead atoms. The molecule has 0 radical (unpaired) electrons. The van der Waals surface area contributed by atoms with Gasteiger partial charge in [-0.3, -0.25) is 9.59 Å². The second-order valence-electron chi connectivity index (χ2n) is 10.9. The molecule has 0 amide bonds. The SMILES string of the molecule is CC/C=C/CCCCCCCCCCCCC[N+](CC(C)C(=O)[O-])(CC(C)C(=O)O)CC(C)C(=O)O. The lowest BCUT2D eigenvalue weighted by Gasteiger charge is -2.43. The van der Waals surface area contributed by atoms with Crippen molar-refractivity contribution in [2.24, 2.45) is 17.8 Å². The molecule has 0 aliphatic rings. The van der Waals surface area contributed by atoms with E-state index in [0.717, 1.165) is 32.1 Å². The molecular formula is C29H53NO6. The van der Waals surface area contributed by atoms with Crippen LogP contribution in [0.2, 0.25) is 0 Å². The molecule has 0 aromatic heterocycles. The second-order valence-corrected chi connectivity index (χ2v) is 10.9. The number of unbranched alkanes of at least 4 members (excludes halogenated alkanes) is 11. The van der Waals surface area contributed by atoms with Crippen LogP contribution in [0.5, 0.6) is 0 Å². The first-order valence-corrected chi connectivity index (χ1v) is 14.2. The van der Waals surface area contributed by atoms with Gasteiger partial charge >= 0.3 is 11.9 Å². The van der Waals surface area contributed by atoms with E-state index in [1.807, 2.05) is 0 Å². The molecule has 7 heteroatoms. The van der Waals surface area contributed by atoms with E-state index in [9.17, 15) is 29.7 Å². The van der Waals surface area contributed by atoms with Gasteiger partial charge in [0, 0.05) is 11.9 Å². The van der Waals surface area contributed by atoms with Crippen LogP contribution in [0.3, 0.4) is 0 Å². The highest BCUT2D eigenvalue weighted by molar-refractivity contribution is 5.70. The normalized spacial score (nSPS) is 15.9. The third kappa shape index (κ3) is 16.7. The molecule has 0 heterocycles. The zero-order chi connectivity index (χ0) is 27.4. The number of aliphatic carboxylic acids is 3. The summed E-state index contributed by atoms with van der Waals surface area (Å²) in [5.74, 6) is -5.23. The third-order valence-electron chi connectivity index (χ3n) is 7.13. The molecule has 0 spiro atoms. The van der Waals surface area contributed by atoms with Gasteiger partial charge in [-0.05, 0) is 46.0 Å². The lowest BCUT2D eigenvalue weighted by molar-refractivity contribution is -0.934. The quantitative estimate of drug-likeness (QED) is 0.104. The van der Waals surface area contributed by atoms with Crippen molar-refractivity contribution in [3.8, 4) is 0 Å². The first-order valence-electron chi connectivity index (χ1n) is 14.2. The molecule has 0 saturated heterocycles. The van der Waals surface area contributed by atoms with Crippen molar-refractivity contribution in [1.29, 1.82) is 0 Å². The van der Waals surface area contributed by atoms with Crippen LogP contribution in [0.15, 0.2) is 12.2 Å². The van der Waals surface area contributed by atoms with Gasteiger partial charge in [-0.2, -0.15) is 0 Å². The molecule has 0 aromatic rings. The fourth-order valence-corrected chi connectivity index (χ4v) is 5.06. The Hall–Kier alpha value is -1.89. The molecule has 0 aromatic carbocycles. The highest BCUT2D eigenvalue weighted by atomic mass is 16.4. The van der Waals surface area contributed by atoms with Crippen LogP contribution in [0.4, 0.5) is 0 Å². The van der Waals surface area contributed by atoms with Gasteiger partial charge in [0.15, 0.2) is 0 Å². The number of hydrogen-bond acceptors (Lipinski definition) is 4. The van der Waals surface area contributed by atoms with E-state index >= 15 is 0 Å². The molecule has 0 rings (SSSR count). The number of quaternary nitrogens is 1. The van der Waals surface area contributed by atoms with Crippen molar-refractivity contribution >= 4 is 17.9 Å². The molecule has 0 fully saturated rings. The molecule has 0 saturated carbocycles. The number of carbonyl (C=O) groups is 3. The highest BCUT2D eigenvalue weighted by Gasteiger charge is 2.36. The Bertz CT molecular complexity index is 593. The monoisotopic (exact) mass is 511 g/mol. The number of allylic oxidation sites excluding steroid dienone is 2. The van der Waals surface area contributed by atoms with Gasteiger partial charge in [0.05, 0.1) is 26.2 Å². The van der Waals surface area contributed by atoms with Crippen LogP contribution in [0.25, 0.3) is 0 Å². The minimum absolute atomic E-state index is 0.185. The maximum absolute atomic E-state index is 11.6. The highest BCUT2D eigenvalue weighted by Crippen LogP contribution is 2.22. The summed E-state index contributed by atoms with van der Waals surface area (Å²) >= 11 is 0.